The number of sulfonamides is 1. The molecule has 0 aliphatic heterocycles. The molecule has 2 heterocycles. The lowest BCUT2D eigenvalue weighted by Crippen LogP contribution is -2.27. The number of nitrogens with one attached hydrogen (secondary N) is 2. The van der Waals surface area contributed by atoms with Crippen molar-refractivity contribution in [2.75, 3.05) is 5.73 Å². The van der Waals surface area contributed by atoms with Crippen molar-refractivity contribution in [3.05, 3.63) is 24.4 Å². The van der Waals surface area contributed by atoms with Gasteiger partial charge < -0.3 is 10.7 Å². The summed E-state index contributed by atoms with van der Waals surface area (Å²) in [4.78, 5) is 6.87. The largest absolute Gasteiger partial charge is 0.381 e. The summed E-state index contributed by atoms with van der Waals surface area (Å²) in [5.74, 6) is 0.533. The first-order valence-corrected chi connectivity index (χ1v) is 7.77. The zero-order chi connectivity index (χ0) is 14.8. The molecule has 0 saturated carbocycles. The van der Waals surface area contributed by atoms with Crippen LogP contribution in [0.3, 0.4) is 0 Å². The zero-order valence-corrected chi connectivity index (χ0v) is 12.2. The van der Waals surface area contributed by atoms with Gasteiger partial charge in [0.15, 0.2) is 5.82 Å². The summed E-state index contributed by atoms with van der Waals surface area (Å²) in [6.45, 7) is 4.29. The number of rotatable bonds is 6. The molecule has 0 spiro atoms. The SMILES string of the molecule is CCCn1cc(S(=O)(=O)NC(C)c2ncc[nH]2)c(N)n1. The van der Waals surface area contributed by atoms with Crippen molar-refractivity contribution in [3.63, 3.8) is 0 Å². The number of H-pyrrole nitrogens is 1. The molecule has 4 N–H and O–H groups in total. The van der Waals surface area contributed by atoms with E-state index in [2.05, 4.69) is 19.8 Å². The summed E-state index contributed by atoms with van der Waals surface area (Å²) < 4.78 is 28.6. The zero-order valence-electron chi connectivity index (χ0n) is 11.4. The second kappa shape index (κ2) is 5.63. The Labute approximate surface area is 117 Å². The average molecular weight is 298 g/mol. The van der Waals surface area contributed by atoms with Crippen LogP contribution in [0.4, 0.5) is 5.82 Å². The first-order valence-electron chi connectivity index (χ1n) is 6.28. The summed E-state index contributed by atoms with van der Waals surface area (Å²) in [5.41, 5.74) is 5.68. The van der Waals surface area contributed by atoms with Gasteiger partial charge in [-0.15, -0.1) is 0 Å². The van der Waals surface area contributed by atoms with Crippen molar-refractivity contribution in [2.45, 2.75) is 37.8 Å². The molecule has 1 unspecified atom stereocenters. The van der Waals surface area contributed by atoms with Gasteiger partial charge in [-0.25, -0.2) is 18.1 Å². The van der Waals surface area contributed by atoms with Crippen LogP contribution in [0.25, 0.3) is 0 Å². The van der Waals surface area contributed by atoms with Gasteiger partial charge in [0.1, 0.15) is 10.7 Å². The van der Waals surface area contributed by atoms with Gasteiger partial charge in [-0.3, -0.25) is 4.68 Å². The van der Waals surface area contributed by atoms with Crippen LogP contribution >= 0.6 is 0 Å². The van der Waals surface area contributed by atoms with Crippen LogP contribution in [0.1, 0.15) is 32.1 Å². The van der Waals surface area contributed by atoms with E-state index in [1.54, 1.807) is 19.3 Å². The van der Waals surface area contributed by atoms with E-state index in [9.17, 15) is 8.42 Å². The van der Waals surface area contributed by atoms with E-state index < -0.39 is 16.1 Å². The minimum atomic E-state index is -3.73. The van der Waals surface area contributed by atoms with Crippen molar-refractivity contribution in [1.29, 1.82) is 0 Å². The maximum atomic E-state index is 12.3. The Balaban J connectivity index is 2.22. The monoisotopic (exact) mass is 298 g/mol. The topological polar surface area (TPSA) is 119 Å². The first kappa shape index (κ1) is 14.5. The van der Waals surface area contributed by atoms with Gasteiger partial charge in [0.25, 0.3) is 0 Å². The predicted molar refractivity (Wildman–Crippen MR) is 74.3 cm³/mol. The van der Waals surface area contributed by atoms with Crippen molar-refractivity contribution in [1.82, 2.24) is 24.5 Å². The van der Waals surface area contributed by atoms with E-state index in [0.717, 1.165) is 6.42 Å². The van der Waals surface area contributed by atoms with Gasteiger partial charge in [0.05, 0.1) is 6.04 Å². The number of imidazole rings is 1. The minimum absolute atomic E-state index is 0.00223. The van der Waals surface area contributed by atoms with E-state index in [0.29, 0.717) is 12.4 Å². The Morgan fingerprint density at radius 3 is 2.90 bits per heavy atom. The van der Waals surface area contributed by atoms with E-state index in [1.807, 2.05) is 6.92 Å². The molecule has 0 aliphatic rings. The van der Waals surface area contributed by atoms with Gasteiger partial charge >= 0.3 is 0 Å². The Morgan fingerprint density at radius 1 is 1.55 bits per heavy atom. The Kier molecular flexibility index (Phi) is 4.09. The second-order valence-corrected chi connectivity index (χ2v) is 6.14. The number of aromatic amines is 1. The van der Waals surface area contributed by atoms with Gasteiger partial charge in [-0.2, -0.15) is 5.10 Å². The van der Waals surface area contributed by atoms with E-state index in [-0.39, 0.29) is 10.7 Å². The third-order valence-electron chi connectivity index (χ3n) is 2.76. The molecule has 20 heavy (non-hydrogen) atoms. The van der Waals surface area contributed by atoms with Crippen LogP contribution in [0.2, 0.25) is 0 Å². The molecule has 0 radical (unpaired) electrons. The lowest BCUT2D eigenvalue weighted by molar-refractivity contribution is 0.560. The minimum Gasteiger partial charge on any atom is -0.381 e. The van der Waals surface area contributed by atoms with Gasteiger partial charge in [-0.1, -0.05) is 6.92 Å². The highest BCUT2D eigenvalue weighted by atomic mass is 32.2. The number of anilines is 1. The molecule has 2 aromatic rings. The van der Waals surface area contributed by atoms with Crippen LogP contribution < -0.4 is 10.5 Å². The molecule has 0 aromatic carbocycles. The molecule has 2 rings (SSSR count). The number of nitrogens with zero attached hydrogens (tertiary/aromatic N) is 3. The van der Waals surface area contributed by atoms with Gasteiger partial charge in [0.2, 0.25) is 10.0 Å². The molecule has 8 nitrogen and oxygen atoms in total. The van der Waals surface area contributed by atoms with E-state index in [1.165, 1.54) is 10.9 Å². The van der Waals surface area contributed by atoms with Crippen molar-refractivity contribution < 1.29 is 8.42 Å². The highest BCUT2D eigenvalue weighted by Crippen LogP contribution is 2.19. The molecule has 0 bridgehead atoms. The predicted octanol–water partition coefficient (Wildman–Crippen LogP) is 0.638. The van der Waals surface area contributed by atoms with Crippen molar-refractivity contribution in [2.24, 2.45) is 0 Å². The molecule has 110 valence electrons. The van der Waals surface area contributed by atoms with Crippen LogP contribution in [-0.4, -0.2) is 28.2 Å². The molecule has 0 saturated heterocycles. The summed E-state index contributed by atoms with van der Waals surface area (Å²) >= 11 is 0. The maximum absolute atomic E-state index is 12.3. The third-order valence-corrected chi connectivity index (χ3v) is 4.32. The fourth-order valence-corrected chi connectivity index (χ4v) is 3.12. The fourth-order valence-electron chi connectivity index (χ4n) is 1.84. The molecule has 0 amide bonds. The van der Waals surface area contributed by atoms with Gasteiger partial charge in [0, 0.05) is 25.1 Å². The molecule has 2 aromatic heterocycles. The van der Waals surface area contributed by atoms with Crippen molar-refractivity contribution >= 4 is 15.8 Å². The number of hydrogen-bond acceptors (Lipinski definition) is 5. The Bertz CT molecular complexity index is 661. The van der Waals surface area contributed by atoms with Crippen LogP contribution in [0, 0.1) is 0 Å². The number of hydrogen-bond donors (Lipinski definition) is 3. The van der Waals surface area contributed by atoms with E-state index in [4.69, 9.17) is 5.73 Å². The number of aromatic nitrogens is 4. The number of nitrogen functional groups attached to an aromatic ring is 1. The van der Waals surface area contributed by atoms with Crippen LogP contribution in [0.5, 0.6) is 0 Å². The Hall–Kier alpha value is -1.87. The molecular formula is C11H18N6O2S. The fraction of sp³-hybridized carbons (Fsp3) is 0.455. The first-order chi connectivity index (χ1) is 9.44. The summed E-state index contributed by atoms with van der Waals surface area (Å²) in [5, 5.41) is 3.99. The highest BCUT2D eigenvalue weighted by molar-refractivity contribution is 7.89. The lowest BCUT2D eigenvalue weighted by atomic mass is 10.3. The standard InChI is InChI=1S/C11H18N6O2S/c1-3-6-17-7-9(10(12)15-17)20(18,19)16-8(2)11-13-4-5-14-11/h4-5,7-8,16H,3,6H2,1-2H3,(H2,12,15)(H,13,14). The molecular weight excluding hydrogens is 280 g/mol. The van der Waals surface area contributed by atoms with Crippen LogP contribution in [0.15, 0.2) is 23.5 Å². The second-order valence-electron chi connectivity index (χ2n) is 4.46. The number of aryl methyl sites for hydroxylation is 1. The third kappa shape index (κ3) is 2.99. The smallest absolute Gasteiger partial charge is 0.246 e. The summed E-state index contributed by atoms with van der Waals surface area (Å²) in [7, 11) is -3.73. The molecule has 1 atom stereocenters. The summed E-state index contributed by atoms with van der Waals surface area (Å²) in [6, 6.07) is -0.482. The average Bonchev–Trinajstić information content (AvgIpc) is 2.98. The number of nitrogens with two attached hydrogens (primary N) is 1. The van der Waals surface area contributed by atoms with Crippen LogP contribution in [-0.2, 0) is 16.6 Å². The van der Waals surface area contributed by atoms with E-state index >= 15 is 0 Å². The Morgan fingerprint density at radius 2 is 2.30 bits per heavy atom. The normalized spacial score (nSPS) is 13.5. The summed E-state index contributed by atoms with van der Waals surface area (Å²) in [6.07, 6.45) is 5.48. The highest BCUT2D eigenvalue weighted by Gasteiger charge is 2.24. The van der Waals surface area contributed by atoms with Gasteiger partial charge in [-0.05, 0) is 13.3 Å². The lowest BCUT2D eigenvalue weighted by Gasteiger charge is -2.11. The molecule has 0 fully saturated rings. The van der Waals surface area contributed by atoms with Crippen molar-refractivity contribution in [3.8, 4) is 0 Å². The quantitative estimate of drug-likeness (QED) is 0.723. The molecule has 0 aliphatic carbocycles. The molecule has 9 heteroatoms. The maximum Gasteiger partial charge on any atom is 0.246 e.